The van der Waals surface area contributed by atoms with Gasteiger partial charge in [-0.25, -0.2) is 0 Å². The molecule has 1 saturated carbocycles. The Hall–Kier alpha value is -2.76. The fourth-order valence-electron chi connectivity index (χ4n) is 2.85. The third-order valence-electron chi connectivity index (χ3n) is 4.21. The van der Waals surface area contributed by atoms with Gasteiger partial charge in [0, 0.05) is 37.0 Å². The topological polar surface area (TPSA) is 56.6 Å². The van der Waals surface area contributed by atoms with Crippen LogP contribution in [0, 0.1) is 0 Å². The van der Waals surface area contributed by atoms with Gasteiger partial charge in [-0.05, 0) is 38.0 Å². The highest BCUT2D eigenvalue weighted by molar-refractivity contribution is 5.95. The van der Waals surface area contributed by atoms with Gasteiger partial charge in [-0.3, -0.25) is 9.48 Å². The summed E-state index contributed by atoms with van der Waals surface area (Å²) in [5, 5.41) is 4.19. The maximum Gasteiger partial charge on any atom is 0.254 e. The Kier molecular flexibility index (Phi) is 5.61. The number of carbonyl (C=O) groups is 1. The van der Waals surface area contributed by atoms with Crippen LogP contribution in [0.4, 0.5) is 0 Å². The molecule has 1 amide bonds. The van der Waals surface area contributed by atoms with Gasteiger partial charge >= 0.3 is 0 Å². The van der Waals surface area contributed by atoms with Crippen LogP contribution in [0.15, 0.2) is 43.2 Å². The Morgan fingerprint density at radius 1 is 1.38 bits per heavy atom. The molecule has 1 aliphatic rings. The summed E-state index contributed by atoms with van der Waals surface area (Å²) >= 11 is 0. The zero-order valence-electron chi connectivity index (χ0n) is 15.4. The van der Waals surface area contributed by atoms with E-state index in [-0.39, 0.29) is 5.91 Å². The van der Waals surface area contributed by atoms with Gasteiger partial charge in [0.15, 0.2) is 11.5 Å². The molecule has 3 rings (SSSR count). The number of aromatic nitrogens is 2. The number of benzene rings is 1. The molecular weight excluding hydrogens is 330 g/mol. The van der Waals surface area contributed by atoms with Crippen molar-refractivity contribution in [2.24, 2.45) is 7.05 Å². The first kappa shape index (κ1) is 18.0. The second-order valence-corrected chi connectivity index (χ2v) is 6.38. The van der Waals surface area contributed by atoms with Crippen molar-refractivity contribution in [1.29, 1.82) is 0 Å². The molecule has 0 atom stereocenters. The van der Waals surface area contributed by atoms with Gasteiger partial charge in [0.05, 0.1) is 12.8 Å². The van der Waals surface area contributed by atoms with Crippen LogP contribution in [0.2, 0.25) is 0 Å². The molecule has 1 heterocycles. The number of nitrogens with zero attached hydrogens (tertiary/aromatic N) is 3. The normalized spacial score (nSPS) is 13.3. The molecule has 0 radical (unpaired) electrons. The fourth-order valence-corrected chi connectivity index (χ4v) is 2.85. The molecule has 2 aromatic rings. The number of rotatable bonds is 9. The Morgan fingerprint density at radius 2 is 2.19 bits per heavy atom. The van der Waals surface area contributed by atoms with Gasteiger partial charge in [-0.15, -0.1) is 0 Å². The molecule has 6 nitrogen and oxygen atoms in total. The molecule has 0 spiro atoms. The third kappa shape index (κ3) is 4.25. The minimum Gasteiger partial charge on any atom is -0.490 e. The fraction of sp³-hybridized carbons (Fsp3) is 0.400. The molecule has 0 bridgehead atoms. The van der Waals surface area contributed by atoms with Gasteiger partial charge in [0.25, 0.3) is 5.91 Å². The van der Waals surface area contributed by atoms with E-state index >= 15 is 0 Å². The van der Waals surface area contributed by atoms with Crippen molar-refractivity contribution in [3.8, 4) is 11.5 Å². The Morgan fingerprint density at radius 3 is 2.81 bits per heavy atom. The van der Waals surface area contributed by atoms with Crippen molar-refractivity contribution in [3.05, 3.63) is 54.4 Å². The van der Waals surface area contributed by atoms with Crippen molar-refractivity contribution in [2.75, 3.05) is 13.2 Å². The first-order chi connectivity index (χ1) is 12.6. The number of amides is 1. The van der Waals surface area contributed by atoms with Crippen LogP contribution in [-0.4, -0.2) is 39.8 Å². The summed E-state index contributed by atoms with van der Waals surface area (Å²) in [6.45, 7) is 7.02. The zero-order valence-corrected chi connectivity index (χ0v) is 15.4. The Bertz CT molecular complexity index is 780. The van der Waals surface area contributed by atoms with Gasteiger partial charge in [0.1, 0.15) is 6.61 Å². The molecule has 6 heteroatoms. The lowest BCUT2D eigenvalue weighted by molar-refractivity contribution is 0.0729. The van der Waals surface area contributed by atoms with Crippen LogP contribution < -0.4 is 9.47 Å². The summed E-state index contributed by atoms with van der Waals surface area (Å²) in [6.07, 6.45) is 7.52. The maximum absolute atomic E-state index is 13.1. The Labute approximate surface area is 154 Å². The number of hydrogen-bond acceptors (Lipinski definition) is 4. The molecule has 26 heavy (non-hydrogen) atoms. The van der Waals surface area contributed by atoms with Gasteiger partial charge in [-0.1, -0.05) is 12.7 Å². The molecule has 1 aliphatic carbocycles. The first-order valence-electron chi connectivity index (χ1n) is 8.91. The van der Waals surface area contributed by atoms with Gasteiger partial charge in [0.2, 0.25) is 0 Å². The summed E-state index contributed by atoms with van der Waals surface area (Å²) in [5.41, 5.74) is 1.64. The summed E-state index contributed by atoms with van der Waals surface area (Å²) < 4.78 is 13.0. The van der Waals surface area contributed by atoms with E-state index in [0.29, 0.717) is 42.9 Å². The van der Waals surface area contributed by atoms with E-state index in [9.17, 15) is 4.79 Å². The van der Waals surface area contributed by atoms with Crippen LogP contribution in [0.5, 0.6) is 11.5 Å². The number of ether oxygens (including phenoxy) is 2. The minimum absolute atomic E-state index is 0.00702. The predicted octanol–water partition coefficient (Wildman–Crippen LogP) is 3.19. The van der Waals surface area contributed by atoms with Crippen molar-refractivity contribution in [3.63, 3.8) is 0 Å². The summed E-state index contributed by atoms with van der Waals surface area (Å²) in [5.74, 6) is 1.21. The van der Waals surface area contributed by atoms with Crippen LogP contribution in [0.3, 0.4) is 0 Å². The summed E-state index contributed by atoms with van der Waals surface area (Å²) in [7, 11) is 1.88. The average Bonchev–Trinajstić information content (AvgIpc) is 3.40. The molecule has 1 aromatic carbocycles. The molecule has 1 fully saturated rings. The van der Waals surface area contributed by atoms with Crippen molar-refractivity contribution in [1.82, 2.24) is 14.7 Å². The van der Waals surface area contributed by atoms with Crippen LogP contribution in [0.1, 0.15) is 35.7 Å². The van der Waals surface area contributed by atoms with Crippen LogP contribution in [0.25, 0.3) is 0 Å². The van der Waals surface area contributed by atoms with Crippen molar-refractivity contribution >= 4 is 5.91 Å². The third-order valence-corrected chi connectivity index (χ3v) is 4.21. The SMILES string of the molecule is C=CCOc1ccc(C(=O)N(Cc2cnn(C)c2)C2CC2)cc1OCC. The van der Waals surface area contributed by atoms with Crippen LogP contribution in [-0.2, 0) is 13.6 Å². The maximum atomic E-state index is 13.1. The largest absolute Gasteiger partial charge is 0.490 e. The van der Waals surface area contributed by atoms with Gasteiger partial charge < -0.3 is 14.4 Å². The quantitative estimate of drug-likeness (QED) is 0.648. The highest BCUT2D eigenvalue weighted by Gasteiger charge is 2.33. The zero-order chi connectivity index (χ0) is 18.5. The molecule has 1 aromatic heterocycles. The second kappa shape index (κ2) is 8.08. The number of hydrogen-bond donors (Lipinski definition) is 0. The molecule has 0 saturated heterocycles. The molecule has 0 unspecified atom stereocenters. The van der Waals surface area contributed by atoms with E-state index in [0.717, 1.165) is 18.4 Å². The van der Waals surface area contributed by atoms with Crippen molar-refractivity contribution < 1.29 is 14.3 Å². The molecule has 138 valence electrons. The van der Waals surface area contributed by atoms with E-state index in [1.54, 1.807) is 35.2 Å². The highest BCUT2D eigenvalue weighted by Crippen LogP contribution is 2.33. The van der Waals surface area contributed by atoms with E-state index < -0.39 is 0 Å². The average molecular weight is 355 g/mol. The van der Waals surface area contributed by atoms with E-state index in [4.69, 9.17) is 9.47 Å². The summed E-state index contributed by atoms with van der Waals surface area (Å²) in [4.78, 5) is 15.0. The van der Waals surface area contributed by atoms with E-state index in [1.807, 2.05) is 25.1 Å². The van der Waals surface area contributed by atoms with Crippen LogP contribution >= 0.6 is 0 Å². The van der Waals surface area contributed by atoms with Gasteiger partial charge in [-0.2, -0.15) is 5.10 Å². The number of aryl methyl sites for hydroxylation is 1. The lowest BCUT2D eigenvalue weighted by Gasteiger charge is -2.22. The molecule has 0 N–H and O–H groups in total. The first-order valence-corrected chi connectivity index (χ1v) is 8.91. The highest BCUT2D eigenvalue weighted by atomic mass is 16.5. The lowest BCUT2D eigenvalue weighted by atomic mass is 10.1. The van der Waals surface area contributed by atoms with E-state index in [2.05, 4.69) is 11.7 Å². The summed E-state index contributed by atoms with van der Waals surface area (Å²) in [6, 6.07) is 5.65. The molecular formula is C20H25N3O3. The van der Waals surface area contributed by atoms with Crippen molar-refractivity contribution in [2.45, 2.75) is 32.4 Å². The van der Waals surface area contributed by atoms with E-state index in [1.165, 1.54) is 0 Å². The molecule has 0 aliphatic heterocycles. The monoisotopic (exact) mass is 355 g/mol. The smallest absolute Gasteiger partial charge is 0.254 e. The number of carbonyl (C=O) groups excluding carboxylic acids is 1. The lowest BCUT2D eigenvalue weighted by Crippen LogP contribution is -2.32. The Balaban J connectivity index is 1.81. The predicted molar refractivity (Wildman–Crippen MR) is 99.4 cm³/mol. The standard InChI is InChI=1S/C20H25N3O3/c1-4-10-26-18-9-6-16(11-19(18)25-5-2)20(24)23(17-7-8-17)14-15-12-21-22(3)13-15/h4,6,9,11-13,17H,1,5,7-8,10,14H2,2-3H3. The minimum atomic E-state index is 0.00702. The second-order valence-electron chi connectivity index (χ2n) is 6.38.